The van der Waals surface area contributed by atoms with Crippen molar-refractivity contribution in [3.8, 4) is 0 Å². The van der Waals surface area contributed by atoms with E-state index in [1.165, 1.54) is 6.92 Å². The van der Waals surface area contributed by atoms with E-state index >= 15 is 0 Å². The van der Waals surface area contributed by atoms with E-state index in [0.717, 1.165) is 22.9 Å². The van der Waals surface area contributed by atoms with E-state index in [9.17, 15) is 14.7 Å². The van der Waals surface area contributed by atoms with Crippen molar-refractivity contribution < 1.29 is 14.7 Å². The average Bonchev–Trinajstić information content (AvgIpc) is 2.70. The molecule has 1 amide bonds. The number of hydrogen-bond donors (Lipinski definition) is 1. The van der Waals surface area contributed by atoms with Crippen LogP contribution in [-0.2, 0) is 9.59 Å². The molecular formula is C16H18BrNO3. The maximum absolute atomic E-state index is 12.2. The number of ketones is 1. The van der Waals surface area contributed by atoms with E-state index in [1.807, 2.05) is 31.2 Å². The summed E-state index contributed by atoms with van der Waals surface area (Å²) in [5.74, 6) is -1.14. The maximum Gasteiger partial charge on any atom is 0.290 e. The van der Waals surface area contributed by atoms with Crippen LogP contribution >= 0.6 is 15.9 Å². The Kier molecular flexibility index (Phi) is 4.83. The van der Waals surface area contributed by atoms with Crippen molar-refractivity contribution in [1.29, 1.82) is 0 Å². The fraction of sp³-hybridized carbons (Fsp3) is 0.375. The second-order valence-electron chi connectivity index (χ2n) is 5.12. The predicted octanol–water partition coefficient (Wildman–Crippen LogP) is 3.53. The van der Waals surface area contributed by atoms with Crippen molar-refractivity contribution in [1.82, 2.24) is 4.90 Å². The average molecular weight is 352 g/mol. The van der Waals surface area contributed by atoms with Crippen molar-refractivity contribution in [3.05, 3.63) is 45.6 Å². The number of carbonyl (C=O) groups is 2. The molecule has 112 valence electrons. The number of carbonyl (C=O) groups excluding carboxylic acids is 2. The standard InChI is InChI=1S/C16H18BrNO3/c1-3-4-9-18-14(11-5-7-12(17)8-6-11)13(10(2)19)15(20)16(18)21/h5-8,14,20H,3-4,9H2,1-2H3/t14-/m1/s1. The van der Waals surface area contributed by atoms with Gasteiger partial charge in [-0.15, -0.1) is 0 Å². The van der Waals surface area contributed by atoms with Crippen LogP contribution in [0, 0.1) is 0 Å². The lowest BCUT2D eigenvalue weighted by atomic mass is 9.97. The Morgan fingerprint density at radius 3 is 2.48 bits per heavy atom. The predicted molar refractivity (Wildman–Crippen MR) is 83.8 cm³/mol. The molecule has 1 aromatic rings. The number of hydrogen-bond acceptors (Lipinski definition) is 3. The van der Waals surface area contributed by atoms with Gasteiger partial charge in [0.2, 0.25) is 0 Å². The fourth-order valence-corrected chi connectivity index (χ4v) is 2.83. The lowest BCUT2D eigenvalue weighted by Gasteiger charge is -2.26. The smallest absolute Gasteiger partial charge is 0.290 e. The van der Waals surface area contributed by atoms with Crippen LogP contribution in [0.15, 0.2) is 40.1 Å². The first-order chi connectivity index (χ1) is 9.97. The molecule has 1 heterocycles. The van der Waals surface area contributed by atoms with Gasteiger partial charge < -0.3 is 10.0 Å². The highest BCUT2D eigenvalue weighted by atomic mass is 79.9. The molecule has 0 aliphatic carbocycles. The van der Waals surface area contributed by atoms with Gasteiger partial charge in [-0.3, -0.25) is 9.59 Å². The number of Topliss-reactive ketones (excluding diaryl/α,β-unsaturated/α-hetero) is 1. The zero-order chi connectivity index (χ0) is 15.6. The lowest BCUT2D eigenvalue weighted by molar-refractivity contribution is -0.129. The van der Waals surface area contributed by atoms with E-state index in [2.05, 4.69) is 15.9 Å². The van der Waals surface area contributed by atoms with E-state index in [0.29, 0.717) is 6.54 Å². The summed E-state index contributed by atoms with van der Waals surface area (Å²) in [6.07, 6.45) is 1.77. The first-order valence-electron chi connectivity index (χ1n) is 6.97. The van der Waals surface area contributed by atoms with Gasteiger partial charge in [0.15, 0.2) is 11.5 Å². The number of unbranched alkanes of at least 4 members (excludes halogenated alkanes) is 1. The topological polar surface area (TPSA) is 57.6 Å². The van der Waals surface area contributed by atoms with Gasteiger partial charge in [-0.05, 0) is 31.0 Å². The van der Waals surface area contributed by atoms with Crippen molar-refractivity contribution in [2.75, 3.05) is 6.54 Å². The number of nitrogens with zero attached hydrogens (tertiary/aromatic N) is 1. The van der Waals surface area contributed by atoms with Crippen LogP contribution in [0.25, 0.3) is 0 Å². The summed E-state index contributed by atoms with van der Waals surface area (Å²) >= 11 is 3.37. The van der Waals surface area contributed by atoms with Gasteiger partial charge in [0, 0.05) is 11.0 Å². The molecule has 0 bridgehead atoms. The Morgan fingerprint density at radius 1 is 1.33 bits per heavy atom. The molecule has 4 nitrogen and oxygen atoms in total. The molecule has 1 N–H and O–H groups in total. The van der Waals surface area contributed by atoms with Gasteiger partial charge in [0.25, 0.3) is 5.91 Å². The third-order valence-electron chi connectivity index (χ3n) is 3.62. The molecular weight excluding hydrogens is 334 g/mol. The van der Waals surface area contributed by atoms with Crippen LogP contribution in [0.5, 0.6) is 0 Å². The third kappa shape index (κ3) is 3.02. The number of halogens is 1. The van der Waals surface area contributed by atoms with Crippen LogP contribution in [0.2, 0.25) is 0 Å². The molecule has 0 saturated carbocycles. The van der Waals surface area contributed by atoms with Gasteiger partial charge in [-0.2, -0.15) is 0 Å². The minimum absolute atomic E-state index is 0.193. The summed E-state index contributed by atoms with van der Waals surface area (Å²) in [4.78, 5) is 25.7. The summed E-state index contributed by atoms with van der Waals surface area (Å²) in [5.41, 5.74) is 1.02. The molecule has 1 aliphatic rings. The summed E-state index contributed by atoms with van der Waals surface area (Å²) in [7, 11) is 0. The number of amides is 1. The van der Waals surface area contributed by atoms with Crippen LogP contribution in [0.3, 0.4) is 0 Å². The largest absolute Gasteiger partial charge is 0.503 e. The van der Waals surface area contributed by atoms with Crippen molar-refractivity contribution >= 4 is 27.6 Å². The highest BCUT2D eigenvalue weighted by Gasteiger charge is 2.41. The van der Waals surface area contributed by atoms with Gasteiger partial charge in [0.05, 0.1) is 11.6 Å². The monoisotopic (exact) mass is 351 g/mol. The molecule has 0 spiro atoms. The highest BCUT2D eigenvalue weighted by Crippen LogP contribution is 2.38. The number of aliphatic hydroxyl groups is 1. The zero-order valence-corrected chi connectivity index (χ0v) is 13.7. The minimum atomic E-state index is -0.491. The Labute approximate surface area is 132 Å². The molecule has 0 radical (unpaired) electrons. The van der Waals surface area contributed by atoms with E-state index < -0.39 is 17.7 Å². The van der Waals surface area contributed by atoms with Crippen molar-refractivity contribution in [2.24, 2.45) is 0 Å². The summed E-state index contributed by atoms with van der Waals surface area (Å²) in [6, 6.07) is 6.97. The highest BCUT2D eigenvalue weighted by molar-refractivity contribution is 9.10. The van der Waals surface area contributed by atoms with E-state index in [-0.39, 0.29) is 11.4 Å². The molecule has 21 heavy (non-hydrogen) atoms. The normalized spacial score (nSPS) is 18.5. The zero-order valence-electron chi connectivity index (χ0n) is 12.1. The van der Waals surface area contributed by atoms with Gasteiger partial charge in [0.1, 0.15) is 0 Å². The molecule has 5 heteroatoms. The molecule has 0 fully saturated rings. The molecule has 0 aromatic heterocycles. The summed E-state index contributed by atoms with van der Waals surface area (Å²) in [5, 5.41) is 10.0. The van der Waals surface area contributed by atoms with Gasteiger partial charge in [-0.1, -0.05) is 41.4 Å². The second kappa shape index (κ2) is 6.43. The summed E-state index contributed by atoms with van der Waals surface area (Å²) < 4.78 is 0.924. The molecule has 1 aliphatic heterocycles. The van der Waals surface area contributed by atoms with Crippen LogP contribution < -0.4 is 0 Å². The van der Waals surface area contributed by atoms with E-state index in [1.54, 1.807) is 4.90 Å². The SMILES string of the molecule is CCCCN1C(=O)C(O)=C(C(C)=O)[C@H]1c1ccc(Br)cc1. The van der Waals surface area contributed by atoms with E-state index in [4.69, 9.17) is 0 Å². The molecule has 0 saturated heterocycles. The van der Waals surface area contributed by atoms with Crippen LogP contribution in [-0.4, -0.2) is 28.2 Å². The third-order valence-corrected chi connectivity index (χ3v) is 4.15. The number of benzene rings is 1. The fourth-order valence-electron chi connectivity index (χ4n) is 2.56. The van der Waals surface area contributed by atoms with Crippen LogP contribution in [0.4, 0.5) is 0 Å². The quantitative estimate of drug-likeness (QED) is 0.882. The second-order valence-corrected chi connectivity index (χ2v) is 6.04. The van der Waals surface area contributed by atoms with Gasteiger partial charge >= 0.3 is 0 Å². The van der Waals surface area contributed by atoms with Crippen molar-refractivity contribution in [2.45, 2.75) is 32.7 Å². The summed E-state index contributed by atoms with van der Waals surface area (Å²) in [6.45, 7) is 3.94. The Bertz CT molecular complexity index is 592. The Hall–Kier alpha value is -1.62. The molecule has 1 aromatic carbocycles. The maximum atomic E-state index is 12.2. The number of aliphatic hydroxyl groups excluding tert-OH is 1. The Morgan fingerprint density at radius 2 is 1.95 bits per heavy atom. The molecule has 1 atom stereocenters. The molecule has 0 unspecified atom stereocenters. The first kappa shape index (κ1) is 15.8. The molecule has 2 rings (SSSR count). The first-order valence-corrected chi connectivity index (χ1v) is 7.77. The lowest BCUT2D eigenvalue weighted by Crippen LogP contribution is -2.31. The van der Waals surface area contributed by atoms with Crippen LogP contribution in [0.1, 0.15) is 38.3 Å². The number of rotatable bonds is 5. The van der Waals surface area contributed by atoms with Crippen molar-refractivity contribution in [3.63, 3.8) is 0 Å². The Balaban J connectivity index is 2.46. The minimum Gasteiger partial charge on any atom is -0.503 e. The van der Waals surface area contributed by atoms with Gasteiger partial charge in [-0.25, -0.2) is 0 Å².